The third-order valence-corrected chi connectivity index (χ3v) is 5.83. The molecule has 0 spiro atoms. The zero-order chi connectivity index (χ0) is 17.7. The SMILES string of the molecule is NCC1CCCCC1NS(=O)(=O)c1cc(Cl)ccc1OCC(N)=O. The maximum atomic E-state index is 12.8. The van der Waals surface area contributed by atoms with Crippen LogP contribution >= 0.6 is 11.6 Å². The number of rotatable bonds is 7. The summed E-state index contributed by atoms with van der Waals surface area (Å²) < 4.78 is 33.5. The quantitative estimate of drug-likeness (QED) is 0.655. The van der Waals surface area contributed by atoms with Gasteiger partial charge in [0.15, 0.2) is 6.61 Å². The molecule has 1 aromatic rings. The molecule has 134 valence electrons. The molecule has 0 aromatic heterocycles. The van der Waals surface area contributed by atoms with Crippen molar-refractivity contribution in [1.29, 1.82) is 0 Å². The van der Waals surface area contributed by atoms with Crippen molar-refractivity contribution in [3.8, 4) is 5.75 Å². The summed E-state index contributed by atoms with van der Waals surface area (Å²) in [6.45, 7) is 0.00672. The van der Waals surface area contributed by atoms with E-state index in [0.29, 0.717) is 6.54 Å². The molecule has 24 heavy (non-hydrogen) atoms. The number of nitrogens with one attached hydrogen (secondary N) is 1. The Bertz CT molecular complexity index is 696. The van der Waals surface area contributed by atoms with Crippen molar-refractivity contribution in [3.63, 3.8) is 0 Å². The van der Waals surface area contributed by atoms with E-state index in [1.54, 1.807) is 0 Å². The van der Waals surface area contributed by atoms with Crippen molar-refractivity contribution in [2.24, 2.45) is 17.4 Å². The molecule has 0 bridgehead atoms. The largest absolute Gasteiger partial charge is 0.482 e. The number of nitrogens with two attached hydrogens (primary N) is 2. The van der Waals surface area contributed by atoms with E-state index in [4.69, 9.17) is 27.8 Å². The number of hydrogen-bond donors (Lipinski definition) is 3. The minimum atomic E-state index is -3.87. The summed E-state index contributed by atoms with van der Waals surface area (Å²) in [5.74, 6) is -0.565. The van der Waals surface area contributed by atoms with Crippen LogP contribution in [0.3, 0.4) is 0 Å². The van der Waals surface area contributed by atoms with Crippen LogP contribution in [0.25, 0.3) is 0 Å². The zero-order valence-corrected chi connectivity index (χ0v) is 14.8. The minimum Gasteiger partial charge on any atom is -0.482 e. The van der Waals surface area contributed by atoms with Gasteiger partial charge in [-0.1, -0.05) is 24.4 Å². The maximum absolute atomic E-state index is 12.8. The molecule has 1 aliphatic rings. The summed E-state index contributed by atoms with van der Waals surface area (Å²) in [4.78, 5) is 10.8. The van der Waals surface area contributed by atoms with E-state index in [2.05, 4.69) is 4.72 Å². The molecule has 0 aliphatic heterocycles. The Morgan fingerprint density at radius 1 is 1.33 bits per heavy atom. The second-order valence-electron chi connectivity index (χ2n) is 5.85. The van der Waals surface area contributed by atoms with Crippen molar-refractivity contribution in [1.82, 2.24) is 4.72 Å². The lowest BCUT2D eigenvalue weighted by molar-refractivity contribution is -0.120. The topological polar surface area (TPSA) is 125 Å². The van der Waals surface area contributed by atoms with Crippen molar-refractivity contribution in [2.75, 3.05) is 13.2 Å². The third-order valence-electron chi connectivity index (χ3n) is 4.08. The van der Waals surface area contributed by atoms with Crippen LogP contribution in [0.4, 0.5) is 0 Å². The van der Waals surface area contributed by atoms with Crippen LogP contribution in [0.2, 0.25) is 5.02 Å². The van der Waals surface area contributed by atoms with Crippen LogP contribution in [0.5, 0.6) is 5.75 Å². The number of halogens is 1. The molecule has 1 amide bonds. The van der Waals surface area contributed by atoms with Gasteiger partial charge in [-0.05, 0) is 43.5 Å². The normalized spacial score (nSPS) is 21.4. The van der Waals surface area contributed by atoms with Crippen LogP contribution in [0, 0.1) is 5.92 Å². The summed E-state index contributed by atoms with van der Waals surface area (Å²) in [6.07, 6.45) is 3.62. The van der Waals surface area contributed by atoms with E-state index in [0.717, 1.165) is 25.7 Å². The van der Waals surface area contributed by atoms with Gasteiger partial charge in [-0.2, -0.15) is 0 Å². The number of amides is 1. The van der Waals surface area contributed by atoms with Crippen LogP contribution < -0.4 is 20.9 Å². The number of sulfonamides is 1. The molecule has 1 aliphatic carbocycles. The van der Waals surface area contributed by atoms with Crippen LogP contribution in [0.1, 0.15) is 25.7 Å². The maximum Gasteiger partial charge on any atom is 0.255 e. The predicted molar refractivity (Wildman–Crippen MR) is 91.3 cm³/mol. The molecular weight excluding hydrogens is 354 g/mol. The fourth-order valence-electron chi connectivity index (χ4n) is 2.87. The predicted octanol–water partition coefficient (Wildman–Crippen LogP) is 1.000. The highest BCUT2D eigenvalue weighted by molar-refractivity contribution is 7.89. The van der Waals surface area contributed by atoms with Gasteiger partial charge in [0.05, 0.1) is 0 Å². The molecule has 1 fully saturated rings. The number of hydrogen-bond acceptors (Lipinski definition) is 5. The molecule has 5 N–H and O–H groups in total. The Balaban J connectivity index is 2.27. The summed E-state index contributed by atoms with van der Waals surface area (Å²) in [5.41, 5.74) is 10.8. The standard InChI is InChI=1S/C15H22ClN3O4S/c16-11-5-6-13(23-9-15(18)20)14(7-11)24(21,22)19-12-4-2-1-3-10(12)8-17/h5-7,10,12,19H,1-4,8-9,17H2,(H2,18,20). The van der Waals surface area contributed by atoms with Gasteiger partial charge in [-0.3, -0.25) is 4.79 Å². The van der Waals surface area contributed by atoms with Crippen LogP contribution in [-0.2, 0) is 14.8 Å². The Morgan fingerprint density at radius 2 is 2.04 bits per heavy atom. The van der Waals surface area contributed by atoms with E-state index in [9.17, 15) is 13.2 Å². The fraction of sp³-hybridized carbons (Fsp3) is 0.533. The van der Waals surface area contributed by atoms with Crippen molar-refractivity contribution < 1.29 is 17.9 Å². The van der Waals surface area contributed by atoms with E-state index in [-0.39, 0.29) is 27.6 Å². The van der Waals surface area contributed by atoms with Gasteiger partial charge < -0.3 is 16.2 Å². The molecular formula is C15H22ClN3O4S. The highest BCUT2D eigenvalue weighted by Gasteiger charge is 2.30. The Kier molecular flexibility index (Phi) is 6.45. The summed E-state index contributed by atoms with van der Waals surface area (Å²) >= 11 is 5.92. The van der Waals surface area contributed by atoms with Crippen molar-refractivity contribution in [3.05, 3.63) is 23.2 Å². The van der Waals surface area contributed by atoms with Gasteiger partial charge in [-0.25, -0.2) is 13.1 Å². The summed E-state index contributed by atoms with van der Waals surface area (Å²) in [6, 6.07) is 3.96. The van der Waals surface area contributed by atoms with E-state index in [1.807, 2.05) is 0 Å². The first-order valence-corrected chi connectivity index (χ1v) is 9.62. The van der Waals surface area contributed by atoms with Crippen LogP contribution in [-0.4, -0.2) is 33.5 Å². The van der Waals surface area contributed by atoms with Gasteiger partial charge in [0, 0.05) is 11.1 Å². The number of benzene rings is 1. The highest BCUT2D eigenvalue weighted by Crippen LogP contribution is 2.30. The summed E-state index contributed by atoms with van der Waals surface area (Å²) in [7, 11) is -3.87. The molecule has 0 saturated heterocycles. The van der Waals surface area contributed by atoms with Gasteiger partial charge in [0.1, 0.15) is 10.6 Å². The molecule has 7 nitrogen and oxygen atoms in total. The summed E-state index contributed by atoms with van der Waals surface area (Å²) in [5, 5.41) is 0.251. The molecule has 0 heterocycles. The smallest absolute Gasteiger partial charge is 0.255 e. The van der Waals surface area contributed by atoms with Crippen molar-refractivity contribution in [2.45, 2.75) is 36.6 Å². The third kappa shape index (κ3) is 4.83. The number of carbonyl (C=O) groups is 1. The lowest BCUT2D eigenvalue weighted by atomic mass is 9.85. The first-order chi connectivity index (χ1) is 11.3. The lowest BCUT2D eigenvalue weighted by Crippen LogP contribution is -2.44. The van der Waals surface area contributed by atoms with Gasteiger partial charge in [0.2, 0.25) is 10.0 Å². The lowest BCUT2D eigenvalue weighted by Gasteiger charge is -2.31. The first kappa shape index (κ1) is 19.0. The zero-order valence-electron chi connectivity index (χ0n) is 13.2. The molecule has 2 rings (SSSR count). The average molecular weight is 376 g/mol. The molecule has 0 radical (unpaired) electrons. The average Bonchev–Trinajstić information content (AvgIpc) is 2.53. The highest BCUT2D eigenvalue weighted by atomic mass is 35.5. The van der Waals surface area contributed by atoms with Gasteiger partial charge in [0.25, 0.3) is 5.91 Å². The monoisotopic (exact) mass is 375 g/mol. The van der Waals surface area contributed by atoms with Crippen LogP contribution in [0.15, 0.2) is 23.1 Å². The molecule has 2 unspecified atom stereocenters. The molecule has 9 heteroatoms. The molecule has 2 atom stereocenters. The van der Waals surface area contributed by atoms with Gasteiger partial charge >= 0.3 is 0 Å². The van der Waals surface area contributed by atoms with E-state index in [1.165, 1.54) is 18.2 Å². The second kappa shape index (κ2) is 8.15. The van der Waals surface area contributed by atoms with E-state index < -0.39 is 22.5 Å². The van der Waals surface area contributed by atoms with Crippen molar-refractivity contribution >= 4 is 27.5 Å². The number of primary amides is 1. The molecule has 1 saturated carbocycles. The first-order valence-electron chi connectivity index (χ1n) is 7.76. The Hall–Kier alpha value is -1.35. The van der Waals surface area contributed by atoms with E-state index >= 15 is 0 Å². The molecule has 1 aromatic carbocycles. The number of ether oxygens (including phenoxy) is 1. The Morgan fingerprint density at radius 3 is 2.71 bits per heavy atom. The second-order valence-corrected chi connectivity index (χ2v) is 7.97. The van der Waals surface area contributed by atoms with Gasteiger partial charge in [-0.15, -0.1) is 0 Å². The number of carbonyl (C=O) groups excluding carboxylic acids is 1. The Labute approximate surface area is 146 Å². The fourth-order valence-corrected chi connectivity index (χ4v) is 4.61. The minimum absolute atomic E-state index is 0.0332.